The smallest absolute Gasteiger partial charge is 0.288 e. The summed E-state index contributed by atoms with van der Waals surface area (Å²) in [5.74, 6) is -0.516. The summed E-state index contributed by atoms with van der Waals surface area (Å²) in [6.07, 6.45) is 4.54. The van der Waals surface area contributed by atoms with Crippen molar-refractivity contribution in [3.05, 3.63) is 46.8 Å². The predicted molar refractivity (Wildman–Crippen MR) is 111 cm³/mol. The van der Waals surface area contributed by atoms with Crippen LogP contribution < -0.4 is 5.32 Å². The molecule has 0 spiro atoms. The lowest BCUT2D eigenvalue weighted by molar-refractivity contribution is -0.129. The van der Waals surface area contributed by atoms with Gasteiger partial charge in [0.25, 0.3) is 5.24 Å². The molecule has 4 rings (SSSR count). The second-order valence-electron chi connectivity index (χ2n) is 7.71. The Morgan fingerprint density at radius 3 is 2.76 bits per heavy atom. The van der Waals surface area contributed by atoms with E-state index in [0.29, 0.717) is 0 Å². The van der Waals surface area contributed by atoms with Crippen LogP contribution in [0, 0.1) is 13.8 Å². The van der Waals surface area contributed by atoms with Crippen LogP contribution in [0.1, 0.15) is 47.7 Å². The number of nitrogens with one attached hydrogen (secondary N) is 1. The number of aryl methyl sites for hydroxylation is 2. The van der Waals surface area contributed by atoms with Crippen molar-refractivity contribution >= 4 is 28.8 Å². The van der Waals surface area contributed by atoms with Gasteiger partial charge in [-0.2, -0.15) is 5.10 Å². The maximum atomic E-state index is 12.6. The van der Waals surface area contributed by atoms with Crippen molar-refractivity contribution in [3.8, 4) is 5.69 Å². The lowest BCUT2D eigenvalue weighted by Crippen LogP contribution is -2.35. The molecule has 1 fully saturated rings. The van der Waals surface area contributed by atoms with Crippen molar-refractivity contribution in [1.29, 1.82) is 0 Å². The molecule has 1 aromatic heterocycles. The van der Waals surface area contributed by atoms with Gasteiger partial charge >= 0.3 is 0 Å². The zero-order valence-corrected chi connectivity index (χ0v) is 17.6. The van der Waals surface area contributed by atoms with Crippen molar-refractivity contribution in [1.82, 2.24) is 20.0 Å². The molecule has 3 amide bonds. The van der Waals surface area contributed by atoms with Crippen LogP contribution in [0.2, 0.25) is 0 Å². The highest BCUT2D eigenvalue weighted by Gasteiger charge is 2.38. The molecule has 0 radical (unpaired) electrons. The SMILES string of the molecule is Cc1ccc(-n2ncc3c2CCC[C@H]3NC(=O)C[C@H]2SC(=O)N(C)C2=O)cc1C. The van der Waals surface area contributed by atoms with E-state index in [9.17, 15) is 14.4 Å². The van der Waals surface area contributed by atoms with Crippen molar-refractivity contribution < 1.29 is 14.4 Å². The molecule has 0 unspecified atom stereocenters. The maximum Gasteiger partial charge on any atom is 0.288 e. The van der Waals surface area contributed by atoms with Gasteiger partial charge in [0.15, 0.2) is 0 Å². The number of aromatic nitrogens is 2. The summed E-state index contributed by atoms with van der Waals surface area (Å²) in [4.78, 5) is 37.3. The number of carbonyl (C=O) groups excluding carboxylic acids is 3. The minimum Gasteiger partial charge on any atom is -0.349 e. The van der Waals surface area contributed by atoms with Gasteiger partial charge in [-0.05, 0) is 56.4 Å². The number of rotatable bonds is 4. The van der Waals surface area contributed by atoms with Crippen molar-refractivity contribution in [3.63, 3.8) is 0 Å². The maximum absolute atomic E-state index is 12.6. The summed E-state index contributed by atoms with van der Waals surface area (Å²) in [6, 6.07) is 6.16. The molecule has 1 aliphatic heterocycles. The van der Waals surface area contributed by atoms with Crippen molar-refractivity contribution in [2.75, 3.05) is 7.05 Å². The Balaban J connectivity index is 1.50. The Kier molecular flexibility index (Phi) is 5.21. The van der Waals surface area contributed by atoms with Gasteiger partial charge in [-0.25, -0.2) is 4.68 Å². The summed E-state index contributed by atoms with van der Waals surface area (Å²) in [5, 5.41) is 6.70. The first-order valence-corrected chi connectivity index (χ1v) is 10.6. The number of nitrogens with zero attached hydrogens (tertiary/aromatic N) is 3. The molecule has 2 atom stereocenters. The van der Waals surface area contributed by atoms with Crippen LogP contribution in [0.4, 0.5) is 4.79 Å². The molecular formula is C21H24N4O3S. The number of thioether (sulfide) groups is 1. The van der Waals surface area contributed by atoms with Gasteiger partial charge in [-0.3, -0.25) is 19.3 Å². The lowest BCUT2D eigenvalue weighted by Gasteiger charge is -2.24. The van der Waals surface area contributed by atoms with E-state index in [1.54, 1.807) is 0 Å². The van der Waals surface area contributed by atoms with Crippen LogP contribution in [0.15, 0.2) is 24.4 Å². The van der Waals surface area contributed by atoms with Gasteiger partial charge in [-0.1, -0.05) is 17.8 Å². The minimum atomic E-state index is -0.631. The highest BCUT2D eigenvalue weighted by molar-refractivity contribution is 8.15. The molecule has 0 saturated carbocycles. The van der Waals surface area contributed by atoms with Gasteiger partial charge in [0.2, 0.25) is 11.8 Å². The molecule has 2 aliphatic rings. The van der Waals surface area contributed by atoms with Crippen LogP contribution >= 0.6 is 11.8 Å². The molecular weight excluding hydrogens is 388 g/mol. The van der Waals surface area contributed by atoms with Crippen molar-refractivity contribution in [2.45, 2.75) is 50.8 Å². The van der Waals surface area contributed by atoms with E-state index in [1.165, 1.54) is 18.2 Å². The lowest BCUT2D eigenvalue weighted by atomic mass is 9.92. The molecule has 1 aliphatic carbocycles. The van der Waals surface area contributed by atoms with E-state index in [1.807, 2.05) is 10.9 Å². The number of carbonyl (C=O) groups is 3. The van der Waals surface area contributed by atoms with E-state index in [4.69, 9.17) is 0 Å². The van der Waals surface area contributed by atoms with Crippen LogP contribution in [-0.4, -0.2) is 44.0 Å². The summed E-state index contributed by atoms with van der Waals surface area (Å²) in [5.41, 5.74) is 5.62. The monoisotopic (exact) mass is 412 g/mol. The van der Waals surface area contributed by atoms with Crippen molar-refractivity contribution in [2.24, 2.45) is 0 Å². The second-order valence-corrected chi connectivity index (χ2v) is 8.87. The molecule has 7 nitrogen and oxygen atoms in total. The number of hydrogen-bond donors (Lipinski definition) is 1. The molecule has 0 bridgehead atoms. The molecule has 8 heteroatoms. The van der Waals surface area contributed by atoms with Gasteiger partial charge < -0.3 is 5.32 Å². The second kappa shape index (κ2) is 7.67. The summed E-state index contributed by atoms with van der Waals surface area (Å²) < 4.78 is 1.96. The highest BCUT2D eigenvalue weighted by atomic mass is 32.2. The standard InChI is InChI=1S/C21H24N4O3S/c1-12-7-8-14(9-13(12)2)25-17-6-4-5-16(15(17)11-22-25)23-19(26)10-18-20(27)24(3)21(28)29-18/h7-9,11,16,18H,4-6,10H2,1-3H3,(H,23,26)/t16-,18-/m1/s1. The Labute approximate surface area is 173 Å². The average molecular weight is 413 g/mol. The fourth-order valence-corrected chi connectivity index (χ4v) is 4.88. The Bertz CT molecular complexity index is 1000. The Hall–Kier alpha value is -2.61. The van der Waals surface area contributed by atoms with Gasteiger partial charge in [-0.15, -0.1) is 0 Å². The third-order valence-corrected chi connectivity index (χ3v) is 6.88. The Morgan fingerprint density at radius 1 is 1.28 bits per heavy atom. The summed E-state index contributed by atoms with van der Waals surface area (Å²) >= 11 is 0.922. The van der Waals surface area contributed by atoms with Crippen LogP contribution in [0.3, 0.4) is 0 Å². The zero-order valence-electron chi connectivity index (χ0n) is 16.8. The number of hydrogen-bond acceptors (Lipinski definition) is 5. The molecule has 2 heterocycles. The minimum absolute atomic E-state index is 0.0106. The highest BCUT2D eigenvalue weighted by Crippen LogP contribution is 2.32. The average Bonchev–Trinajstić information content (AvgIpc) is 3.22. The fourth-order valence-electron chi connectivity index (χ4n) is 3.89. The van der Waals surface area contributed by atoms with Crippen LogP contribution in [0.5, 0.6) is 0 Å². The quantitative estimate of drug-likeness (QED) is 0.834. The number of imide groups is 1. The normalized spacial score (nSPS) is 21.4. The van der Waals surface area contributed by atoms with E-state index in [2.05, 4.69) is 42.5 Å². The van der Waals surface area contributed by atoms with E-state index in [-0.39, 0.29) is 29.5 Å². The first-order valence-electron chi connectivity index (χ1n) is 9.77. The summed E-state index contributed by atoms with van der Waals surface area (Å²) in [6.45, 7) is 4.17. The largest absolute Gasteiger partial charge is 0.349 e. The van der Waals surface area contributed by atoms with Gasteiger partial charge in [0.1, 0.15) is 5.25 Å². The third kappa shape index (κ3) is 3.69. The molecule has 1 aromatic carbocycles. The predicted octanol–water partition coefficient (Wildman–Crippen LogP) is 3.07. The first kappa shape index (κ1) is 19.7. The number of benzene rings is 1. The van der Waals surface area contributed by atoms with Crippen LogP contribution in [0.25, 0.3) is 5.69 Å². The Morgan fingerprint density at radius 2 is 2.07 bits per heavy atom. The first-order chi connectivity index (χ1) is 13.8. The summed E-state index contributed by atoms with van der Waals surface area (Å²) in [7, 11) is 1.45. The van der Waals surface area contributed by atoms with Gasteiger partial charge in [0.05, 0.1) is 17.9 Å². The van der Waals surface area contributed by atoms with E-state index >= 15 is 0 Å². The van der Waals surface area contributed by atoms with E-state index in [0.717, 1.165) is 52.9 Å². The molecule has 2 aromatic rings. The van der Waals surface area contributed by atoms with Gasteiger partial charge in [0, 0.05) is 24.7 Å². The number of amides is 3. The van der Waals surface area contributed by atoms with Crippen LogP contribution in [-0.2, 0) is 16.0 Å². The topological polar surface area (TPSA) is 84.3 Å². The number of fused-ring (bicyclic) bond motifs is 1. The zero-order chi connectivity index (χ0) is 20.7. The molecule has 152 valence electrons. The molecule has 29 heavy (non-hydrogen) atoms. The molecule has 1 N–H and O–H groups in total. The third-order valence-electron chi connectivity index (χ3n) is 5.75. The fraction of sp³-hybridized carbons (Fsp3) is 0.429. The molecule has 1 saturated heterocycles. The van der Waals surface area contributed by atoms with E-state index < -0.39 is 5.25 Å².